The fourth-order valence-corrected chi connectivity index (χ4v) is 3.85. The van der Waals surface area contributed by atoms with Gasteiger partial charge in [0.15, 0.2) is 5.16 Å². The SMILES string of the molecule is CC(=O)Nc1cccc(/C(C)=N/NC(=O)c2ccc(CSc3nc(C)cc(C)n3)cc2)c1. The van der Waals surface area contributed by atoms with Gasteiger partial charge < -0.3 is 5.32 Å². The maximum absolute atomic E-state index is 12.5. The van der Waals surface area contributed by atoms with Crippen molar-refractivity contribution in [2.45, 2.75) is 38.6 Å². The molecule has 2 amide bonds. The Morgan fingerprint density at radius 1 is 0.938 bits per heavy atom. The molecule has 0 unspecified atom stereocenters. The first kappa shape index (κ1) is 23.1. The molecule has 0 spiro atoms. The second-order valence-corrected chi connectivity index (χ2v) is 8.26. The lowest BCUT2D eigenvalue weighted by molar-refractivity contribution is -0.114. The van der Waals surface area contributed by atoms with Crippen LogP contribution in [0.3, 0.4) is 0 Å². The van der Waals surface area contributed by atoms with E-state index in [2.05, 4.69) is 25.8 Å². The van der Waals surface area contributed by atoms with E-state index >= 15 is 0 Å². The highest BCUT2D eigenvalue weighted by Crippen LogP contribution is 2.20. The summed E-state index contributed by atoms with van der Waals surface area (Å²) in [5.41, 5.74) is 8.18. The van der Waals surface area contributed by atoms with Crippen LogP contribution in [0.25, 0.3) is 0 Å². The van der Waals surface area contributed by atoms with E-state index in [1.807, 2.05) is 44.2 Å². The maximum Gasteiger partial charge on any atom is 0.271 e. The third-order valence-electron chi connectivity index (χ3n) is 4.47. The van der Waals surface area contributed by atoms with Crippen LogP contribution in [0.2, 0.25) is 0 Å². The molecule has 2 aromatic carbocycles. The predicted molar refractivity (Wildman–Crippen MR) is 128 cm³/mol. The third kappa shape index (κ3) is 6.75. The Kier molecular flexibility index (Phi) is 7.72. The Hall–Kier alpha value is -3.52. The van der Waals surface area contributed by atoms with Crippen LogP contribution in [0, 0.1) is 13.8 Å². The zero-order chi connectivity index (χ0) is 23.1. The summed E-state index contributed by atoms with van der Waals surface area (Å²) in [5.74, 6) is 0.278. The average Bonchev–Trinajstić information content (AvgIpc) is 2.75. The van der Waals surface area contributed by atoms with Crippen molar-refractivity contribution in [3.63, 3.8) is 0 Å². The van der Waals surface area contributed by atoms with Gasteiger partial charge in [-0.05, 0) is 62.2 Å². The number of rotatable bonds is 7. The van der Waals surface area contributed by atoms with E-state index in [0.29, 0.717) is 22.7 Å². The third-order valence-corrected chi connectivity index (χ3v) is 5.39. The predicted octanol–water partition coefficient (Wildman–Crippen LogP) is 4.50. The van der Waals surface area contributed by atoms with Crippen molar-refractivity contribution in [1.82, 2.24) is 15.4 Å². The summed E-state index contributed by atoms with van der Waals surface area (Å²) < 4.78 is 0. The van der Waals surface area contributed by atoms with Gasteiger partial charge in [-0.25, -0.2) is 15.4 Å². The molecule has 0 aliphatic rings. The standard InChI is InChI=1S/C24H25N5O2S/c1-15-12-16(2)26-24(25-15)32-14-19-8-10-20(11-9-19)23(31)29-28-17(3)21-6-5-7-22(13-21)27-18(4)30/h5-13H,14H2,1-4H3,(H,27,30)(H,29,31)/b28-17+. The summed E-state index contributed by atoms with van der Waals surface area (Å²) in [4.78, 5) is 32.5. The van der Waals surface area contributed by atoms with Crippen molar-refractivity contribution in [2.24, 2.45) is 5.10 Å². The van der Waals surface area contributed by atoms with Crippen LogP contribution in [-0.2, 0) is 10.5 Å². The van der Waals surface area contributed by atoms with Crippen LogP contribution in [0.5, 0.6) is 0 Å². The van der Waals surface area contributed by atoms with Gasteiger partial charge in [0, 0.05) is 35.3 Å². The zero-order valence-electron chi connectivity index (χ0n) is 18.5. The minimum Gasteiger partial charge on any atom is -0.326 e. The molecule has 0 radical (unpaired) electrons. The van der Waals surface area contributed by atoms with Crippen LogP contribution in [0.4, 0.5) is 5.69 Å². The Bertz CT molecular complexity index is 1140. The lowest BCUT2D eigenvalue weighted by Gasteiger charge is -2.07. The largest absolute Gasteiger partial charge is 0.326 e. The first-order chi connectivity index (χ1) is 15.3. The van der Waals surface area contributed by atoms with Gasteiger partial charge in [-0.2, -0.15) is 5.10 Å². The second-order valence-electron chi connectivity index (χ2n) is 7.32. The van der Waals surface area contributed by atoms with Crippen molar-refractivity contribution in [1.29, 1.82) is 0 Å². The van der Waals surface area contributed by atoms with Crippen LogP contribution >= 0.6 is 11.8 Å². The van der Waals surface area contributed by atoms with Gasteiger partial charge in [-0.15, -0.1) is 0 Å². The molecule has 1 heterocycles. The van der Waals surface area contributed by atoms with Crippen molar-refractivity contribution in [3.05, 3.63) is 82.7 Å². The van der Waals surface area contributed by atoms with E-state index in [9.17, 15) is 9.59 Å². The van der Waals surface area contributed by atoms with E-state index in [1.54, 1.807) is 43.0 Å². The molecule has 0 saturated heterocycles. The molecule has 8 heteroatoms. The maximum atomic E-state index is 12.5. The monoisotopic (exact) mass is 447 g/mol. The van der Waals surface area contributed by atoms with Crippen molar-refractivity contribution >= 4 is 35.0 Å². The van der Waals surface area contributed by atoms with Gasteiger partial charge in [-0.1, -0.05) is 36.0 Å². The molecule has 0 bridgehead atoms. The second kappa shape index (κ2) is 10.7. The van der Waals surface area contributed by atoms with Gasteiger partial charge >= 0.3 is 0 Å². The molecule has 0 aliphatic heterocycles. The quantitative estimate of drug-likeness (QED) is 0.241. The van der Waals surface area contributed by atoms with E-state index in [-0.39, 0.29) is 11.8 Å². The molecule has 3 rings (SSSR count). The number of hydrogen-bond acceptors (Lipinski definition) is 6. The lowest BCUT2D eigenvalue weighted by Crippen LogP contribution is -2.19. The number of benzene rings is 2. The number of aromatic nitrogens is 2. The number of carbonyl (C=O) groups is 2. The molecule has 3 aromatic rings. The van der Waals surface area contributed by atoms with Gasteiger partial charge in [-0.3, -0.25) is 9.59 Å². The van der Waals surface area contributed by atoms with Crippen molar-refractivity contribution < 1.29 is 9.59 Å². The molecule has 0 fully saturated rings. The molecular formula is C24H25N5O2S. The van der Waals surface area contributed by atoms with Crippen LogP contribution in [0.1, 0.15) is 46.7 Å². The smallest absolute Gasteiger partial charge is 0.271 e. The van der Waals surface area contributed by atoms with Gasteiger partial charge in [0.1, 0.15) is 0 Å². The molecule has 0 atom stereocenters. The normalized spacial score (nSPS) is 11.2. The van der Waals surface area contributed by atoms with Crippen molar-refractivity contribution in [2.75, 3.05) is 5.32 Å². The highest BCUT2D eigenvalue weighted by atomic mass is 32.2. The molecule has 2 N–H and O–H groups in total. The topological polar surface area (TPSA) is 96.3 Å². The molecule has 164 valence electrons. The number of hydrazone groups is 1. The summed E-state index contributed by atoms with van der Waals surface area (Å²) >= 11 is 1.56. The number of thioether (sulfide) groups is 1. The van der Waals surface area contributed by atoms with Gasteiger partial charge in [0.25, 0.3) is 5.91 Å². The molecular weight excluding hydrogens is 422 g/mol. The van der Waals surface area contributed by atoms with Crippen molar-refractivity contribution in [3.8, 4) is 0 Å². The number of anilines is 1. The van der Waals surface area contributed by atoms with Gasteiger partial charge in [0.2, 0.25) is 5.91 Å². The summed E-state index contributed by atoms with van der Waals surface area (Å²) in [5, 5.41) is 7.67. The number of amides is 2. The van der Waals surface area contributed by atoms with Crippen LogP contribution in [0.15, 0.2) is 64.9 Å². The summed E-state index contributed by atoms with van der Waals surface area (Å²) in [7, 11) is 0. The summed E-state index contributed by atoms with van der Waals surface area (Å²) in [6.07, 6.45) is 0. The number of nitrogens with one attached hydrogen (secondary N) is 2. The Morgan fingerprint density at radius 3 is 2.28 bits per heavy atom. The van der Waals surface area contributed by atoms with Crippen LogP contribution in [-0.4, -0.2) is 27.5 Å². The molecule has 0 aliphatic carbocycles. The lowest BCUT2D eigenvalue weighted by atomic mass is 10.1. The Balaban J connectivity index is 1.59. The summed E-state index contributed by atoms with van der Waals surface area (Å²) in [6.45, 7) is 7.16. The van der Waals surface area contributed by atoms with E-state index in [4.69, 9.17) is 0 Å². The average molecular weight is 448 g/mol. The van der Waals surface area contributed by atoms with Crippen LogP contribution < -0.4 is 10.7 Å². The highest BCUT2D eigenvalue weighted by molar-refractivity contribution is 7.98. The molecule has 0 saturated carbocycles. The molecule has 1 aromatic heterocycles. The Labute approximate surface area is 191 Å². The fourth-order valence-electron chi connectivity index (χ4n) is 2.95. The number of nitrogens with zero attached hydrogens (tertiary/aromatic N) is 3. The van der Waals surface area contributed by atoms with E-state index < -0.39 is 0 Å². The Morgan fingerprint density at radius 2 is 1.62 bits per heavy atom. The number of carbonyl (C=O) groups excluding carboxylic acids is 2. The minimum atomic E-state index is -0.292. The first-order valence-electron chi connectivity index (χ1n) is 10.1. The van der Waals surface area contributed by atoms with Gasteiger partial charge in [0.05, 0.1) is 5.71 Å². The molecule has 32 heavy (non-hydrogen) atoms. The minimum absolute atomic E-state index is 0.145. The highest BCUT2D eigenvalue weighted by Gasteiger charge is 2.07. The first-order valence-corrected chi connectivity index (χ1v) is 11.1. The van der Waals surface area contributed by atoms with E-state index in [0.717, 1.165) is 27.7 Å². The zero-order valence-corrected chi connectivity index (χ0v) is 19.3. The summed E-state index contributed by atoms with van der Waals surface area (Å²) in [6, 6.07) is 16.6. The molecule has 7 nitrogen and oxygen atoms in total. The fraction of sp³-hybridized carbons (Fsp3) is 0.208. The van der Waals surface area contributed by atoms with E-state index in [1.165, 1.54) is 6.92 Å². The number of hydrogen-bond donors (Lipinski definition) is 2. The number of aryl methyl sites for hydroxylation is 2.